The maximum absolute atomic E-state index is 5.80. The Kier molecular flexibility index (Phi) is 2.95. The Morgan fingerprint density at radius 2 is 1.62 bits per heavy atom. The van der Waals surface area contributed by atoms with Gasteiger partial charge in [-0.1, -0.05) is 48.9 Å². The minimum Gasteiger partial charge on any atom is -0.399 e. The molecule has 82 valence electrons. The van der Waals surface area contributed by atoms with Crippen LogP contribution < -0.4 is 5.73 Å². The van der Waals surface area contributed by atoms with E-state index in [2.05, 4.69) is 44.2 Å². The summed E-state index contributed by atoms with van der Waals surface area (Å²) in [4.78, 5) is 0. The number of benzene rings is 2. The molecule has 0 aliphatic carbocycles. The highest BCUT2D eigenvalue weighted by Crippen LogP contribution is 2.25. The minimum atomic E-state index is 0.393. The first-order valence-corrected chi connectivity index (χ1v) is 5.59. The van der Waals surface area contributed by atoms with Gasteiger partial charge in [-0.3, -0.25) is 0 Å². The highest BCUT2D eigenvalue weighted by Gasteiger charge is 2.07. The van der Waals surface area contributed by atoms with Crippen molar-refractivity contribution >= 4 is 5.69 Å². The molecular formula is C15H17N. The second-order valence-corrected chi connectivity index (χ2v) is 4.30. The number of rotatable bonds is 2. The highest BCUT2D eigenvalue weighted by atomic mass is 14.5. The molecule has 0 bridgehead atoms. The van der Waals surface area contributed by atoms with E-state index >= 15 is 0 Å². The van der Waals surface area contributed by atoms with Crippen molar-refractivity contribution in [2.75, 3.05) is 5.73 Å². The molecule has 0 radical (unpaired) electrons. The smallest absolute Gasteiger partial charge is 0.0316 e. The molecule has 1 nitrogen and oxygen atoms in total. The molecule has 0 aromatic heterocycles. The van der Waals surface area contributed by atoms with E-state index in [1.165, 1.54) is 16.7 Å². The second kappa shape index (κ2) is 4.40. The van der Waals surface area contributed by atoms with Crippen LogP contribution >= 0.6 is 0 Å². The van der Waals surface area contributed by atoms with Crippen LogP contribution in [-0.2, 0) is 0 Å². The molecule has 0 saturated carbocycles. The van der Waals surface area contributed by atoms with E-state index in [0.717, 1.165) is 5.69 Å². The van der Waals surface area contributed by atoms with E-state index in [1.807, 2.05) is 18.2 Å². The van der Waals surface area contributed by atoms with Crippen LogP contribution in [0.5, 0.6) is 0 Å². The van der Waals surface area contributed by atoms with Crippen molar-refractivity contribution in [3.05, 3.63) is 65.2 Å². The lowest BCUT2D eigenvalue weighted by Crippen LogP contribution is -1.97. The Bertz CT molecular complexity index is 471. The molecule has 0 fully saturated rings. The molecule has 0 spiro atoms. The Labute approximate surface area is 96.9 Å². The average molecular weight is 211 g/mol. The topological polar surface area (TPSA) is 26.0 Å². The maximum Gasteiger partial charge on any atom is 0.0316 e. The van der Waals surface area contributed by atoms with Crippen molar-refractivity contribution in [3.63, 3.8) is 0 Å². The quantitative estimate of drug-likeness (QED) is 0.752. The molecule has 0 aliphatic heterocycles. The summed E-state index contributed by atoms with van der Waals surface area (Å²) in [7, 11) is 0. The molecule has 2 aromatic rings. The molecule has 0 saturated heterocycles. The van der Waals surface area contributed by atoms with Gasteiger partial charge in [-0.05, 0) is 30.2 Å². The van der Waals surface area contributed by atoms with E-state index in [4.69, 9.17) is 5.73 Å². The van der Waals surface area contributed by atoms with Crippen LogP contribution in [0.15, 0.2) is 48.5 Å². The van der Waals surface area contributed by atoms with E-state index in [0.29, 0.717) is 5.92 Å². The first-order chi connectivity index (χ1) is 7.66. The number of hydrogen-bond donors (Lipinski definition) is 1. The summed E-state index contributed by atoms with van der Waals surface area (Å²) < 4.78 is 0. The van der Waals surface area contributed by atoms with E-state index in [-0.39, 0.29) is 0 Å². The predicted molar refractivity (Wildman–Crippen MR) is 69.6 cm³/mol. The van der Waals surface area contributed by atoms with Gasteiger partial charge in [-0.15, -0.1) is 0 Å². The van der Waals surface area contributed by atoms with Gasteiger partial charge in [0.15, 0.2) is 0 Å². The van der Waals surface area contributed by atoms with Gasteiger partial charge in [0.25, 0.3) is 0 Å². The van der Waals surface area contributed by atoms with Gasteiger partial charge in [-0.2, -0.15) is 0 Å². The molecule has 2 aromatic carbocycles. The van der Waals surface area contributed by atoms with Gasteiger partial charge >= 0.3 is 0 Å². The molecule has 0 amide bonds. The molecule has 0 heterocycles. The predicted octanol–water partition coefficient (Wildman–Crippen LogP) is 3.73. The van der Waals surface area contributed by atoms with Crippen LogP contribution in [0.25, 0.3) is 0 Å². The van der Waals surface area contributed by atoms with Gasteiger partial charge in [0.2, 0.25) is 0 Å². The SMILES string of the molecule is Cc1ccc(C(C)c2cccc(N)c2)cc1. The maximum atomic E-state index is 5.80. The molecule has 2 rings (SSSR count). The molecule has 1 heteroatoms. The fourth-order valence-corrected chi connectivity index (χ4v) is 1.88. The second-order valence-electron chi connectivity index (χ2n) is 4.30. The number of aryl methyl sites for hydroxylation is 1. The third-order valence-electron chi connectivity index (χ3n) is 2.99. The van der Waals surface area contributed by atoms with Crippen molar-refractivity contribution in [1.29, 1.82) is 0 Å². The minimum absolute atomic E-state index is 0.393. The normalized spacial score (nSPS) is 12.4. The summed E-state index contributed by atoms with van der Waals surface area (Å²) in [6.45, 7) is 4.31. The summed E-state index contributed by atoms with van der Waals surface area (Å²) in [5.74, 6) is 0.393. The summed E-state index contributed by atoms with van der Waals surface area (Å²) in [6.07, 6.45) is 0. The number of anilines is 1. The van der Waals surface area contributed by atoms with E-state index < -0.39 is 0 Å². The number of nitrogen functional groups attached to an aromatic ring is 1. The van der Waals surface area contributed by atoms with Crippen LogP contribution in [0.4, 0.5) is 5.69 Å². The third-order valence-corrected chi connectivity index (χ3v) is 2.99. The first kappa shape index (κ1) is 10.7. The van der Waals surface area contributed by atoms with E-state index in [1.54, 1.807) is 0 Å². The highest BCUT2D eigenvalue weighted by molar-refractivity contribution is 5.44. The van der Waals surface area contributed by atoms with Crippen molar-refractivity contribution in [2.45, 2.75) is 19.8 Å². The van der Waals surface area contributed by atoms with Gasteiger partial charge in [0, 0.05) is 11.6 Å². The standard InChI is InChI=1S/C15H17N/c1-11-6-8-13(9-7-11)12(2)14-4-3-5-15(16)10-14/h3-10,12H,16H2,1-2H3. The van der Waals surface area contributed by atoms with Crippen LogP contribution in [0.2, 0.25) is 0 Å². The lowest BCUT2D eigenvalue weighted by atomic mass is 9.92. The Morgan fingerprint density at radius 3 is 2.25 bits per heavy atom. The van der Waals surface area contributed by atoms with Gasteiger partial charge < -0.3 is 5.73 Å². The lowest BCUT2D eigenvalue weighted by molar-refractivity contribution is 0.922. The van der Waals surface area contributed by atoms with Gasteiger partial charge in [-0.25, -0.2) is 0 Å². The average Bonchev–Trinajstić information content (AvgIpc) is 2.29. The molecule has 2 N–H and O–H groups in total. The molecule has 0 aliphatic rings. The summed E-state index contributed by atoms with van der Waals surface area (Å²) in [5, 5.41) is 0. The van der Waals surface area contributed by atoms with Crippen LogP contribution in [0.3, 0.4) is 0 Å². The molecule has 1 unspecified atom stereocenters. The fraction of sp³-hybridized carbons (Fsp3) is 0.200. The Balaban J connectivity index is 2.31. The molecule has 16 heavy (non-hydrogen) atoms. The van der Waals surface area contributed by atoms with Crippen molar-refractivity contribution in [3.8, 4) is 0 Å². The van der Waals surface area contributed by atoms with E-state index in [9.17, 15) is 0 Å². The summed E-state index contributed by atoms with van der Waals surface area (Å²) >= 11 is 0. The van der Waals surface area contributed by atoms with Crippen molar-refractivity contribution in [1.82, 2.24) is 0 Å². The zero-order valence-corrected chi connectivity index (χ0v) is 9.77. The third kappa shape index (κ3) is 2.25. The molecule has 1 atom stereocenters. The van der Waals surface area contributed by atoms with Crippen molar-refractivity contribution in [2.24, 2.45) is 0 Å². The Hall–Kier alpha value is -1.76. The summed E-state index contributed by atoms with van der Waals surface area (Å²) in [5.41, 5.74) is 10.5. The Morgan fingerprint density at radius 1 is 0.938 bits per heavy atom. The van der Waals surface area contributed by atoms with Crippen LogP contribution in [-0.4, -0.2) is 0 Å². The van der Waals surface area contributed by atoms with Crippen LogP contribution in [0.1, 0.15) is 29.5 Å². The molecular weight excluding hydrogens is 194 g/mol. The largest absolute Gasteiger partial charge is 0.399 e. The van der Waals surface area contributed by atoms with Gasteiger partial charge in [0.1, 0.15) is 0 Å². The lowest BCUT2D eigenvalue weighted by Gasteiger charge is -2.13. The zero-order chi connectivity index (χ0) is 11.5. The first-order valence-electron chi connectivity index (χ1n) is 5.59. The number of hydrogen-bond acceptors (Lipinski definition) is 1. The number of nitrogens with two attached hydrogens (primary N) is 1. The van der Waals surface area contributed by atoms with Crippen LogP contribution in [0, 0.1) is 6.92 Å². The fourth-order valence-electron chi connectivity index (χ4n) is 1.88. The zero-order valence-electron chi connectivity index (χ0n) is 9.77. The summed E-state index contributed by atoms with van der Waals surface area (Å²) in [6, 6.07) is 16.8. The van der Waals surface area contributed by atoms with Crippen molar-refractivity contribution < 1.29 is 0 Å². The van der Waals surface area contributed by atoms with Gasteiger partial charge in [0.05, 0.1) is 0 Å². The monoisotopic (exact) mass is 211 g/mol.